The van der Waals surface area contributed by atoms with Crippen molar-refractivity contribution in [3.8, 4) is 73.0 Å². The Morgan fingerprint density at radius 2 is 1.04 bits per heavy atom. The Labute approximate surface area is 492 Å². The van der Waals surface area contributed by atoms with E-state index in [0.717, 1.165) is 95.1 Å². The van der Waals surface area contributed by atoms with Gasteiger partial charge >= 0.3 is 0 Å². The van der Waals surface area contributed by atoms with Gasteiger partial charge in [-0.2, -0.15) is 0 Å². The van der Waals surface area contributed by atoms with Crippen molar-refractivity contribution in [2.45, 2.75) is 65.7 Å². The summed E-state index contributed by atoms with van der Waals surface area (Å²) in [6.07, 6.45) is 1.92. The maximum atomic E-state index is 7.32. The van der Waals surface area contributed by atoms with E-state index in [-0.39, 0.29) is 17.3 Å². The average Bonchev–Trinajstić information content (AvgIpc) is 3.70. The summed E-state index contributed by atoms with van der Waals surface area (Å²) in [6.45, 7) is 16.5. The summed E-state index contributed by atoms with van der Waals surface area (Å²) < 4.78 is 16.3. The van der Waals surface area contributed by atoms with Crippen LogP contribution in [0.3, 0.4) is 0 Å². The quantitative estimate of drug-likeness (QED) is 0.122. The highest BCUT2D eigenvalue weighted by Gasteiger charge is 2.33. The van der Waals surface area contributed by atoms with E-state index < -0.39 is 0 Å². The fraction of sp³-hybridized carbons (Fsp3) is 0.141. The zero-order chi connectivity index (χ0) is 57.2. The van der Waals surface area contributed by atoms with Crippen molar-refractivity contribution in [3.63, 3.8) is 0 Å². The molecule has 0 saturated carbocycles. The molecule has 1 aliphatic rings. The van der Waals surface area contributed by atoms with Crippen LogP contribution in [0.1, 0.15) is 77.0 Å². The number of fused-ring (bicyclic) bond motifs is 6. The van der Waals surface area contributed by atoms with Crippen LogP contribution in [0.25, 0.3) is 94.4 Å². The topological polar surface area (TPSA) is 46.7 Å². The van der Waals surface area contributed by atoms with Crippen LogP contribution in [0, 0.1) is 0 Å². The lowest BCUT2D eigenvalue weighted by Gasteiger charge is -2.28. The van der Waals surface area contributed by atoms with Crippen molar-refractivity contribution < 1.29 is 9.15 Å². The first kappa shape index (κ1) is 52.2. The molecule has 0 atom stereocenters. The van der Waals surface area contributed by atoms with Crippen LogP contribution in [0.4, 0.5) is 22.7 Å². The van der Waals surface area contributed by atoms with Gasteiger partial charge in [-0.05, 0) is 151 Å². The summed E-state index contributed by atoms with van der Waals surface area (Å²) in [5.74, 6) is 2.84. The van der Waals surface area contributed by atoms with Gasteiger partial charge < -0.3 is 19.0 Å². The number of benzene rings is 10. The largest absolute Gasteiger partial charge is 0.457 e. The molecule has 0 saturated heterocycles. The number of hydrogen-bond donors (Lipinski definition) is 0. The second-order valence-electron chi connectivity index (χ2n) is 24.0. The van der Waals surface area contributed by atoms with E-state index in [9.17, 15) is 0 Å². The maximum Gasteiger partial charge on any atom is 0.161 e. The van der Waals surface area contributed by atoms with Crippen LogP contribution >= 0.6 is 0 Å². The van der Waals surface area contributed by atoms with E-state index in [4.69, 9.17) is 14.1 Å². The maximum absolute atomic E-state index is 7.32. The molecule has 1 aliphatic heterocycles. The van der Waals surface area contributed by atoms with Crippen LogP contribution in [-0.4, -0.2) is 16.2 Å². The van der Waals surface area contributed by atoms with Crippen molar-refractivity contribution in [1.29, 1.82) is 0 Å². The molecule has 0 spiro atoms. The van der Waals surface area contributed by atoms with Crippen molar-refractivity contribution in [3.05, 3.63) is 266 Å². The Morgan fingerprint density at radius 1 is 0.464 bits per heavy atom. The predicted molar refractivity (Wildman–Crippen MR) is 351 cm³/mol. The first-order valence-corrected chi connectivity index (χ1v) is 29.4. The third-order valence-corrected chi connectivity index (χ3v) is 16.8. The zero-order valence-electron chi connectivity index (χ0n) is 48.6. The second-order valence-corrected chi connectivity index (χ2v) is 24.0. The van der Waals surface area contributed by atoms with E-state index in [2.05, 4.69) is 293 Å². The van der Waals surface area contributed by atoms with Gasteiger partial charge in [0.25, 0.3) is 0 Å². The van der Waals surface area contributed by atoms with Crippen molar-refractivity contribution in [2.24, 2.45) is 0 Å². The van der Waals surface area contributed by atoms with Gasteiger partial charge in [0.15, 0.2) is 5.58 Å². The number of hydrogen-bond acceptors (Lipinski definition) is 5. The molecule has 0 N–H and O–H groups in total. The molecule has 3 aromatic heterocycles. The summed E-state index contributed by atoms with van der Waals surface area (Å²) in [5, 5.41) is 2.03. The third kappa shape index (κ3) is 9.38. The molecule has 14 rings (SSSR count). The van der Waals surface area contributed by atoms with Crippen LogP contribution in [-0.2, 0) is 5.41 Å². The molecule has 10 aromatic carbocycles. The first-order chi connectivity index (χ1) is 40.9. The number of nitrogens with zero attached hydrogens (tertiary/aromatic N) is 4. The van der Waals surface area contributed by atoms with Gasteiger partial charge in [0, 0.05) is 45.9 Å². The molecule has 0 aliphatic carbocycles. The average molecular weight is 1090 g/mol. The number of aromatic nitrogens is 2. The summed E-state index contributed by atoms with van der Waals surface area (Å²) in [4.78, 5) is 10.0. The van der Waals surface area contributed by atoms with Crippen molar-refractivity contribution in [2.75, 3.05) is 16.5 Å². The monoisotopic (exact) mass is 1090 g/mol. The molecule has 0 radical (unpaired) electrons. The molecule has 0 unspecified atom stereocenters. The fourth-order valence-electron chi connectivity index (χ4n) is 12.6. The minimum atomic E-state index is -0.0830. The molecule has 410 valence electrons. The Morgan fingerprint density at radius 3 is 1.68 bits per heavy atom. The standard InChI is InChI=1S/C78H66N4O2/c1-50(2)63-31-20-32-64(51(3)4)74(63)58-44-60(47-62(45-58)83-61-38-39-67-71(48-61)82(73-46-59(40-41-79-73)78(5,6)7)76-68-30-14-17-37-72(68)84-77(67)76)80-49-81(70-36-16-15-35-69(70)80)75-65(56-28-18-26-54(42-56)52-22-10-8-11-23-52)33-21-34-66(75)57-29-19-27-55(43-57)53-24-12-9-13-25-53/h8-48,50-51H,49H2,1-7H3. The van der Waals surface area contributed by atoms with Crippen LogP contribution in [0.5, 0.6) is 11.5 Å². The van der Waals surface area contributed by atoms with E-state index in [1.807, 2.05) is 18.3 Å². The number of ether oxygens (including phenoxy) is 1. The van der Waals surface area contributed by atoms with Gasteiger partial charge in [0.2, 0.25) is 0 Å². The van der Waals surface area contributed by atoms with Gasteiger partial charge in [0.1, 0.15) is 35.1 Å². The summed E-state index contributed by atoms with van der Waals surface area (Å²) in [7, 11) is 0. The summed E-state index contributed by atoms with van der Waals surface area (Å²) in [5.41, 5.74) is 23.4. The van der Waals surface area contributed by atoms with Gasteiger partial charge in [-0.15, -0.1) is 0 Å². The molecule has 0 amide bonds. The molecule has 0 fully saturated rings. The molecule has 13 aromatic rings. The van der Waals surface area contributed by atoms with Crippen molar-refractivity contribution in [1.82, 2.24) is 9.55 Å². The molecule has 6 nitrogen and oxygen atoms in total. The predicted octanol–water partition coefficient (Wildman–Crippen LogP) is 21.8. The number of para-hydroxylation sites is 4. The van der Waals surface area contributed by atoms with Gasteiger partial charge in [0.05, 0.1) is 22.6 Å². The molecule has 84 heavy (non-hydrogen) atoms. The van der Waals surface area contributed by atoms with E-state index in [1.165, 1.54) is 44.5 Å². The van der Waals surface area contributed by atoms with E-state index in [0.29, 0.717) is 12.4 Å². The Hall–Kier alpha value is -9.91. The highest BCUT2D eigenvalue weighted by atomic mass is 16.5. The minimum Gasteiger partial charge on any atom is -0.457 e. The highest BCUT2D eigenvalue weighted by molar-refractivity contribution is 6.16. The lowest BCUT2D eigenvalue weighted by Crippen LogP contribution is -2.25. The first-order valence-electron chi connectivity index (χ1n) is 29.4. The smallest absolute Gasteiger partial charge is 0.161 e. The zero-order valence-corrected chi connectivity index (χ0v) is 48.6. The molecule has 4 heterocycles. The fourth-order valence-corrected chi connectivity index (χ4v) is 12.6. The second kappa shape index (κ2) is 21.1. The summed E-state index contributed by atoms with van der Waals surface area (Å²) in [6, 6.07) is 87.8. The summed E-state index contributed by atoms with van der Waals surface area (Å²) >= 11 is 0. The number of anilines is 4. The Balaban J connectivity index is 0.948. The SMILES string of the molecule is CC(C)c1cccc(C(C)C)c1-c1cc(Oc2ccc3c4oc5ccccc5c4n(-c4cc(C(C)(C)C)ccn4)c3c2)cc(N2CN(c3c(-c4cccc(-c5ccccc5)c4)cccc3-c3cccc(-c4ccccc4)c3)c3ccccc32)c1. The molecular weight excluding hydrogens is 1020 g/mol. The molecular formula is C78H66N4O2. The number of pyridine rings is 1. The lowest BCUT2D eigenvalue weighted by atomic mass is 9.85. The Kier molecular flexibility index (Phi) is 13.1. The normalized spacial score (nSPS) is 12.6. The minimum absolute atomic E-state index is 0.0830. The number of furan rings is 1. The van der Waals surface area contributed by atoms with Crippen LogP contribution in [0.15, 0.2) is 253 Å². The van der Waals surface area contributed by atoms with Crippen LogP contribution in [0.2, 0.25) is 0 Å². The van der Waals surface area contributed by atoms with Gasteiger partial charge in [-0.25, -0.2) is 4.98 Å². The molecule has 0 bridgehead atoms. The Bertz CT molecular complexity index is 4490. The van der Waals surface area contributed by atoms with E-state index >= 15 is 0 Å². The highest BCUT2D eigenvalue weighted by Crippen LogP contribution is 2.52. The number of rotatable bonds is 12. The van der Waals surface area contributed by atoms with Gasteiger partial charge in [-0.1, -0.05) is 206 Å². The van der Waals surface area contributed by atoms with Crippen molar-refractivity contribution >= 4 is 55.7 Å². The lowest BCUT2D eigenvalue weighted by molar-refractivity contribution is 0.483. The van der Waals surface area contributed by atoms with E-state index in [1.54, 1.807) is 0 Å². The molecule has 6 heteroatoms. The van der Waals surface area contributed by atoms with Gasteiger partial charge in [-0.3, -0.25) is 4.57 Å². The third-order valence-electron chi connectivity index (χ3n) is 16.8. The van der Waals surface area contributed by atoms with Crippen LogP contribution < -0.4 is 14.5 Å².